The van der Waals surface area contributed by atoms with Crippen molar-refractivity contribution in [2.24, 2.45) is 0 Å². The SMILES string of the molecule is CCCc1cc(CNc2ccc(NC(=O)OC(C)(C)C)cc2)ccc1-c1cccnc1. The van der Waals surface area contributed by atoms with E-state index in [9.17, 15) is 4.79 Å². The number of aryl methyl sites for hydroxylation is 1. The fraction of sp³-hybridized carbons (Fsp3) is 0.308. The molecule has 0 saturated heterocycles. The van der Waals surface area contributed by atoms with E-state index in [1.807, 2.05) is 57.3 Å². The van der Waals surface area contributed by atoms with Crippen LogP contribution in [-0.4, -0.2) is 16.7 Å². The minimum absolute atomic E-state index is 0.453. The highest BCUT2D eigenvalue weighted by molar-refractivity contribution is 5.85. The largest absolute Gasteiger partial charge is 0.444 e. The highest BCUT2D eigenvalue weighted by atomic mass is 16.6. The Bertz CT molecular complexity index is 993. The van der Waals surface area contributed by atoms with Gasteiger partial charge in [-0.1, -0.05) is 37.6 Å². The van der Waals surface area contributed by atoms with Crippen molar-refractivity contribution in [3.63, 3.8) is 0 Å². The first kappa shape index (κ1) is 22.3. The topological polar surface area (TPSA) is 63.2 Å². The van der Waals surface area contributed by atoms with Crippen molar-refractivity contribution in [2.45, 2.75) is 52.7 Å². The number of nitrogens with zero attached hydrogens (tertiary/aromatic N) is 1. The van der Waals surface area contributed by atoms with E-state index in [0.29, 0.717) is 5.69 Å². The Balaban J connectivity index is 1.63. The van der Waals surface area contributed by atoms with Crippen LogP contribution >= 0.6 is 0 Å². The van der Waals surface area contributed by atoms with E-state index in [2.05, 4.69) is 46.8 Å². The molecule has 3 rings (SSSR count). The molecule has 3 aromatic rings. The Morgan fingerprint density at radius 2 is 1.77 bits per heavy atom. The highest BCUT2D eigenvalue weighted by Crippen LogP contribution is 2.26. The summed E-state index contributed by atoms with van der Waals surface area (Å²) >= 11 is 0. The Morgan fingerprint density at radius 3 is 2.42 bits per heavy atom. The van der Waals surface area contributed by atoms with Gasteiger partial charge in [-0.3, -0.25) is 10.3 Å². The van der Waals surface area contributed by atoms with Gasteiger partial charge in [0, 0.05) is 35.9 Å². The minimum Gasteiger partial charge on any atom is -0.444 e. The molecule has 0 saturated carbocycles. The summed E-state index contributed by atoms with van der Waals surface area (Å²) in [5.41, 5.74) is 6.14. The van der Waals surface area contributed by atoms with Gasteiger partial charge in [-0.2, -0.15) is 0 Å². The number of ether oxygens (including phenoxy) is 1. The lowest BCUT2D eigenvalue weighted by atomic mass is 9.95. The number of carbonyl (C=O) groups is 1. The molecule has 31 heavy (non-hydrogen) atoms. The standard InChI is InChI=1S/C26H31N3O2/c1-5-7-20-16-19(9-14-24(20)21-8-6-15-27-18-21)17-28-22-10-12-23(13-11-22)29-25(30)31-26(2,3)4/h6,8-16,18,28H,5,7,17H2,1-4H3,(H,29,30). The van der Waals surface area contributed by atoms with Gasteiger partial charge >= 0.3 is 6.09 Å². The third kappa shape index (κ3) is 6.85. The lowest BCUT2D eigenvalue weighted by Gasteiger charge is -2.19. The smallest absolute Gasteiger partial charge is 0.412 e. The first-order valence-electron chi connectivity index (χ1n) is 10.7. The number of hydrogen-bond donors (Lipinski definition) is 2. The Hall–Kier alpha value is -3.34. The quantitative estimate of drug-likeness (QED) is 0.451. The van der Waals surface area contributed by atoms with E-state index in [-0.39, 0.29) is 0 Å². The Morgan fingerprint density at radius 1 is 1.03 bits per heavy atom. The van der Waals surface area contributed by atoms with E-state index in [1.165, 1.54) is 16.7 Å². The summed E-state index contributed by atoms with van der Waals surface area (Å²) in [6.07, 6.45) is 5.39. The lowest BCUT2D eigenvalue weighted by Crippen LogP contribution is -2.27. The Kier molecular flexibility index (Phi) is 7.29. The van der Waals surface area contributed by atoms with Crippen LogP contribution in [0.15, 0.2) is 67.0 Å². The monoisotopic (exact) mass is 417 g/mol. The van der Waals surface area contributed by atoms with Crippen LogP contribution in [0.5, 0.6) is 0 Å². The van der Waals surface area contributed by atoms with Gasteiger partial charge in [-0.15, -0.1) is 0 Å². The van der Waals surface area contributed by atoms with Gasteiger partial charge in [0.2, 0.25) is 0 Å². The highest BCUT2D eigenvalue weighted by Gasteiger charge is 2.16. The number of hydrogen-bond acceptors (Lipinski definition) is 4. The summed E-state index contributed by atoms with van der Waals surface area (Å²) in [5.74, 6) is 0. The zero-order chi connectivity index (χ0) is 22.3. The van der Waals surface area contributed by atoms with Gasteiger partial charge in [-0.05, 0) is 74.2 Å². The summed E-state index contributed by atoms with van der Waals surface area (Å²) < 4.78 is 5.28. The molecule has 0 fully saturated rings. The molecule has 5 nitrogen and oxygen atoms in total. The first-order chi connectivity index (χ1) is 14.8. The number of amides is 1. The van der Waals surface area contributed by atoms with Gasteiger partial charge in [0.1, 0.15) is 5.60 Å². The van der Waals surface area contributed by atoms with Crippen LogP contribution in [0.1, 0.15) is 45.2 Å². The molecule has 0 unspecified atom stereocenters. The molecule has 1 heterocycles. The van der Waals surface area contributed by atoms with Crippen molar-refractivity contribution in [1.82, 2.24) is 4.98 Å². The van der Waals surface area contributed by atoms with Crippen molar-refractivity contribution < 1.29 is 9.53 Å². The second-order valence-corrected chi connectivity index (χ2v) is 8.54. The maximum atomic E-state index is 11.9. The third-order valence-corrected chi connectivity index (χ3v) is 4.69. The van der Waals surface area contributed by atoms with Crippen molar-refractivity contribution in [3.8, 4) is 11.1 Å². The molecule has 0 aliphatic heterocycles. The summed E-state index contributed by atoms with van der Waals surface area (Å²) in [6, 6.07) is 18.3. The Labute approximate surface area is 184 Å². The second-order valence-electron chi connectivity index (χ2n) is 8.54. The molecule has 0 aliphatic rings. The summed E-state index contributed by atoms with van der Waals surface area (Å²) in [7, 11) is 0. The van der Waals surface area contributed by atoms with Gasteiger partial charge in [0.25, 0.3) is 0 Å². The van der Waals surface area contributed by atoms with Crippen LogP contribution in [0.2, 0.25) is 0 Å². The number of pyridine rings is 1. The van der Waals surface area contributed by atoms with Crippen molar-refractivity contribution in [1.29, 1.82) is 0 Å². The molecular weight excluding hydrogens is 386 g/mol. The predicted octanol–water partition coefficient (Wildman–Crippen LogP) is 6.66. The number of rotatable bonds is 7. The molecule has 1 aromatic heterocycles. The van der Waals surface area contributed by atoms with Crippen LogP contribution in [0.4, 0.5) is 16.2 Å². The molecular formula is C26H31N3O2. The fourth-order valence-electron chi connectivity index (χ4n) is 3.33. The van der Waals surface area contributed by atoms with Crippen LogP contribution in [-0.2, 0) is 17.7 Å². The predicted molar refractivity (Wildman–Crippen MR) is 127 cm³/mol. The molecule has 162 valence electrons. The molecule has 1 amide bonds. The van der Waals surface area contributed by atoms with Crippen molar-refractivity contribution >= 4 is 17.5 Å². The number of aromatic nitrogens is 1. The van der Waals surface area contributed by atoms with Crippen LogP contribution in [0.25, 0.3) is 11.1 Å². The zero-order valence-corrected chi connectivity index (χ0v) is 18.7. The lowest BCUT2D eigenvalue weighted by molar-refractivity contribution is 0.0636. The van der Waals surface area contributed by atoms with Crippen LogP contribution in [0, 0.1) is 0 Å². The summed E-state index contributed by atoms with van der Waals surface area (Å²) in [5, 5.41) is 6.20. The second kappa shape index (κ2) is 10.1. The molecule has 0 bridgehead atoms. The van der Waals surface area contributed by atoms with E-state index in [1.54, 1.807) is 6.20 Å². The van der Waals surface area contributed by atoms with Gasteiger partial charge in [0.05, 0.1) is 0 Å². The van der Waals surface area contributed by atoms with Gasteiger partial charge < -0.3 is 10.1 Å². The normalized spacial score (nSPS) is 11.1. The average molecular weight is 418 g/mol. The molecule has 0 spiro atoms. The number of nitrogens with one attached hydrogen (secondary N) is 2. The van der Waals surface area contributed by atoms with Gasteiger partial charge in [-0.25, -0.2) is 4.79 Å². The number of carbonyl (C=O) groups excluding carboxylic acids is 1. The molecule has 0 aliphatic carbocycles. The van der Waals surface area contributed by atoms with E-state index in [0.717, 1.165) is 30.6 Å². The van der Waals surface area contributed by atoms with E-state index in [4.69, 9.17) is 4.74 Å². The fourth-order valence-corrected chi connectivity index (χ4v) is 3.33. The zero-order valence-electron chi connectivity index (χ0n) is 18.7. The van der Waals surface area contributed by atoms with Crippen LogP contribution in [0.3, 0.4) is 0 Å². The van der Waals surface area contributed by atoms with E-state index >= 15 is 0 Å². The molecule has 0 radical (unpaired) electrons. The molecule has 2 N–H and O–H groups in total. The first-order valence-corrected chi connectivity index (χ1v) is 10.7. The maximum Gasteiger partial charge on any atom is 0.412 e. The summed E-state index contributed by atoms with van der Waals surface area (Å²) in [6.45, 7) is 8.45. The molecule has 0 atom stereocenters. The minimum atomic E-state index is -0.519. The van der Waals surface area contributed by atoms with Crippen molar-refractivity contribution in [3.05, 3.63) is 78.1 Å². The van der Waals surface area contributed by atoms with Crippen molar-refractivity contribution in [2.75, 3.05) is 10.6 Å². The summed E-state index contributed by atoms with van der Waals surface area (Å²) in [4.78, 5) is 16.1. The number of benzene rings is 2. The van der Waals surface area contributed by atoms with Gasteiger partial charge in [0.15, 0.2) is 0 Å². The molecule has 2 aromatic carbocycles. The van der Waals surface area contributed by atoms with Crippen LogP contribution < -0.4 is 10.6 Å². The number of anilines is 2. The average Bonchev–Trinajstić information content (AvgIpc) is 2.73. The van der Waals surface area contributed by atoms with E-state index < -0.39 is 11.7 Å². The maximum absolute atomic E-state index is 11.9. The molecule has 5 heteroatoms. The third-order valence-electron chi connectivity index (χ3n) is 4.69.